The number of halogens is 1. The Labute approximate surface area is 125 Å². The van der Waals surface area contributed by atoms with Crippen LogP contribution in [0.15, 0.2) is 16.6 Å². The van der Waals surface area contributed by atoms with Crippen molar-refractivity contribution in [3.63, 3.8) is 0 Å². The SMILES string of the molecule is C[C@@H](O)c1cc(Br)cc([N+](=O)[O-])c1OCC1CCCO1. The van der Waals surface area contributed by atoms with Crippen LogP contribution in [-0.2, 0) is 4.74 Å². The third-order valence-corrected chi connectivity index (χ3v) is 3.61. The molecule has 110 valence electrons. The molecule has 0 radical (unpaired) electrons. The van der Waals surface area contributed by atoms with Gasteiger partial charge in [-0.2, -0.15) is 0 Å². The molecule has 1 saturated heterocycles. The maximum absolute atomic E-state index is 11.1. The summed E-state index contributed by atoms with van der Waals surface area (Å²) in [6.07, 6.45) is 0.958. The summed E-state index contributed by atoms with van der Waals surface area (Å²) in [5.74, 6) is 0.115. The van der Waals surface area contributed by atoms with Gasteiger partial charge in [0.2, 0.25) is 5.75 Å². The van der Waals surface area contributed by atoms with Crippen LogP contribution in [0.5, 0.6) is 5.75 Å². The Bertz CT molecular complexity index is 500. The lowest BCUT2D eigenvalue weighted by atomic mass is 10.1. The van der Waals surface area contributed by atoms with E-state index in [1.54, 1.807) is 13.0 Å². The van der Waals surface area contributed by atoms with Crippen molar-refractivity contribution < 1.29 is 19.5 Å². The van der Waals surface area contributed by atoms with Gasteiger partial charge in [-0.05, 0) is 25.8 Å². The molecule has 1 fully saturated rings. The summed E-state index contributed by atoms with van der Waals surface area (Å²) in [5.41, 5.74) is 0.234. The molecule has 2 rings (SSSR count). The molecule has 0 saturated carbocycles. The number of ether oxygens (including phenoxy) is 2. The quantitative estimate of drug-likeness (QED) is 0.655. The number of rotatable bonds is 5. The van der Waals surface area contributed by atoms with E-state index in [4.69, 9.17) is 9.47 Å². The first-order chi connectivity index (χ1) is 9.49. The minimum atomic E-state index is -0.856. The van der Waals surface area contributed by atoms with Gasteiger partial charge in [0.05, 0.1) is 17.1 Å². The molecule has 1 aliphatic rings. The molecule has 2 atom stereocenters. The van der Waals surface area contributed by atoms with Gasteiger partial charge < -0.3 is 14.6 Å². The van der Waals surface area contributed by atoms with E-state index in [1.165, 1.54) is 6.07 Å². The van der Waals surface area contributed by atoms with E-state index in [1.807, 2.05) is 0 Å². The molecule has 0 aliphatic carbocycles. The van der Waals surface area contributed by atoms with Crippen LogP contribution < -0.4 is 4.74 Å². The first-order valence-corrected chi connectivity index (χ1v) is 7.18. The van der Waals surface area contributed by atoms with E-state index in [0.717, 1.165) is 12.8 Å². The van der Waals surface area contributed by atoms with Crippen LogP contribution in [0.3, 0.4) is 0 Å². The third kappa shape index (κ3) is 3.47. The molecule has 7 heteroatoms. The minimum Gasteiger partial charge on any atom is -0.484 e. The van der Waals surface area contributed by atoms with Crippen molar-refractivity contribution in [2.24, 2.45) is 0 Å². The number of aliphatic hydroxyl groups is 1. The lowest BCUT2D eigenvalue weighted by molar-refractivity contribution is -0.386. The largest absolute Gasteiger partial charge is 0.484 e. The van der Waals surface area contributed by atoms with Gasteiger partial charge in [-0.1, -0.05) is 15.9 Å². The van der Waals surface area contributed by atoms with Crippen molar-refractivity contribution in [3.8, 4) is 5.75 Å². The van der Waals surface area contributed by atoms with Crippen molar-refractivity contribution in [2.45, 2.75) is 32.0 Å². The molecular weight excluding hydrogens is 330 g/mol. The van der Waals surface area contributed by atoms with Crippen molar-refractivity contribution >= 4 is 21.6 Å². The zero-order valence-electron chi connectivity index (χ0n) is 11.0. The van der Waals surface area contributed by atoms with Crippen molar-refractivity contribution in [3.05, 3.63) is 32.3 Å². The summed E-state index contributed by atoms with van der Waals surface area (Å²) in [6, 6.07) is 3.00. The molecule has 0 aromatic heterocycles. The summed E-state index contributed by atoms with van der Waals surface area (Å²) in [4.78, 5) is 10.6. The molecule has 0 bridgehead atoms. The molecular formula is C13H16BrNO5. The van der Waals surface area contributed by atoms with Crippen LogP contribution >= 0.6 is 15.9 Å². The van der Waals surface area contributed by atoms with Crippen LogP contribution in [0.1, 0.15) is 31.4 Å². The topological polar surface area (TPSA) is 81.8 Å². The van der Waals surface area contributed by atoms with Gasteiger partial charge in [-0.25, -0.2) is 0 Å². The second kappa shape index (κ2) is 6.51. The van der Waals surface area contributed by atoms with Gasteiger partial charge in [0.1, 0.15) is 6.61 Å². The van der Waals surface area contributed by atoms with Crippen molar-refractivity contribution in [1.29, 1.82) is 0 Å². The summed E-state index contributed by atoms with van der Waals surface area (Å²) >= 11 is 3.21. The highest BCUT2D eigenvalue weighted by Crippen LogP contribution is 2.38. The molecule has 20 heavy (non-hydrogen) atoms. The van der Waals surface area contributed by atoms with Gasteiger partial charge >= 0.3 is 5.69 Å². The van der Waals surface area contributed by atoms with Crippen LogP contribution in [0.25, 0.3) is 0 Å². The van der Waals surface area contributed by atoms with Crippen LogP contribution in [0.4, 0.5) is 5.69 Å². The molecule has 1 aliphatic heterocycles. The van der Waals surface area contributed by atoms with Gasteiger partial charge in [-0.15, -0.1) is 0 Å². The average Bonchev–Trinajstić information content (AvgIpc) is 2.89. The zero-order valence-corrected chi connectivity index (χ0v) is 12.6. The first kappa shape index (κ1) is 15.2. The Balaban J connectivity index is 2.29. The monoisotopic (exact) mass is 345 g/mol. The van der Waals surface area contributed by atoms with Crippen LogP contribution in [-0.4, -0.2) is 29.3 Å². The number of hydrogen-bond acceptors (Lipinski definition) is 5. The van der Waals surface area contributed by atoms with Crippen LogP contribution in [0, 0.1) is 10.1 Å². The zero-order chi connectivity index (χ0) is 14.7. The number of nitro groups is 1. The van der Waals surface area contributed by atoms with Gasteiger partial charge in [-0.3, -0.25) is 10.1 Å². The first-order valence-electron chi connectivity index (χ1n) is 6.39. The lowest BCUT2D eigenvalue weighted by Crippen LogP contribution is -2.17. The highest BCUT2D eigenvalue weighted by atomic mass is 79.9. The van der Waals surface area contributed by atoms with E-state index >= 15 is 0 Å². The average molecular weight is 346 g/mol. The maximum atomic E-state index is 11.1. The summed E-state index contributed by atoms with van der Waals surface area (Å²) in [7, 11) is 0. The third-order valence-electron chi connectivity index (χ3n) is 3.15. The predicted octanol–water partition coefficient (Wildman–Crippen LogP) is 2.97. The van der Waals surface area contributed by atoms with Crippen molar-refractivity contribution in [1.82, 2.24) is 0 Å². The normalized spacial score (nSPS) is 19.9. The molecule has 1 heterocycles. The molecule has 1 aromatic carbocycles. The standard InChI is InChI=1S/C13H16BrNO5/c1-8(16)11-5-9(14)6-12(15(17)18)13(11)20-7-10-3-2-4-19-10/h5-6,8,10,16H,2-4,7H2,1H3/t8-,10?/m1/s1. The Hall–Kier alpha value is -1.18. The highest BCUT2D eigenvalue weighted by molar-refractivity contribution is 9.10. The summed E-state index contributed by atoms with van der Waals surface area (Å²) < 4.78 is 11.5. The highest BCUT2D eigenvalue weighted by Gasteiger charge is 2.25. The van der Waals surface area contributed by atoms with Gasteiger partial charge in [0.15, 0.2) is 0 Å². The molecule has 0 amide bonds. The smallest absolute Gasteiger partial charge is 0.312 e. The lowest BCUT2D eigenvalue weighted by Gasteiger charge is -2.16. The maximum Gasteiger partial charge on any atom is 0.312 e. The Morgan fingerprint density at radius 2 is 2.40 bits per heavy atom. The Morgan fingerprint density at radius 3 is 2.95 bits per heavy atom. The van der Waals surface area contributed by atoms with E-state index in [0.29, 0.717) is 16.6 Å². The van der Waals surface area contributed by atoms with E-state index < -0.39 is 11.0 Å². The van der Waals surface area contributed by atoms with Gasteiger partial charge in [0, 0.05) is 22.7 Å². The van der Waals surface area contributed by atoms with E-state index in [-0.39, 0.29) is 24.1 Å². The fourth-order valence-electron chi connectivity index (χ4n) is 2.16. The number of nitrogens with zero attached hydrogens (tertiary/aromatic N) is 1. The second-order valence-electron chi connectivity index (χ2n) is 4.72. The predicted molar refractivity (Wildman–Crippen MR) is 75.9 cm³/mol. The van der Waals surface area contributed by atoms with Crippen LogP contribution in [0.2, 0.25) is 0 Å². The molecule has 1 N–H and O–H groups in total. The summed E-state index contributed by atoms with van der Waals surface area (Å²) in [5, 5.41) is 20.9. The number of benzene rings is 1. The number of hydrogen-bond donors (Lipinski definition) is 1. The fourth-order valence-corrected chi connectivity index (χ4v) is 2.62. The number of nitro benzene ring substituents is 1. The second-order valence-corrected chi connectivity index (χ2v) is 5.64. The molecule has 0 spiro atoms. The van der Waals surface area contributed by atoms with Crippen molar-refractivity contribution in [2.75, 3.05) is 13.2 Å². The fraction of sp³-hybridized carbons (Fsp3) is 0.538. The molecule has 1 unspecified atom stereocenters. The number of aliphatic hydroxyl groups excluding tert-OH is 1. The van der Waals surface area contributed by atoms with E-state index in [9.17, 15) is 15.2 Å². The molecule has 1 aromatic rings. The van der Waals surface area contributed by atoms with Gasteiger partial charge in [0.25, 0.3) is 0 Å². The Morgan fingerprint density at radius 1 is 1.65 bits per heavy atom. The Kier molecular flexibility index (Phi) is 4.95. The summed E-state index contributed by atoms with van der Waals surface area (Å²) in [6.45, 7) is 2.49. The van der Waals surface area contributed by atoms with E-state index in [2.05, 4.69) is 15.9 Å². The minimum absolute atomic E-state index is 0.0416. The molecule has 6 nitrogen and oxygen atoms in total.